The Labute approximate surface area is 180 Å². The Balaban J connectivity index is 1.46. The van der Waals surface area contributed by atoms with E-state index >= 15 is 0 Å². The number of hydrogen-bond acceptors (Lipinski definition) is 5. The zero-order valence-corrected chi connectivity index (χ0v) is 17.6. The van der Waals surface area contributed by atoms with Crippen LogP contribution in [0.4, 0.5) is 5.69 Å². The number of likely N-dealkylation sites (tertiary alicyclic amines) is 1. The van der Waals surface area contributed by atoms with Crippen molar-refractivity contribution in [1.29, 1.82) is 0 Å². The number of aryl methyl sites for hydroxylation is 1. The molecule has 0 spiro atoms. The SMILES string of the molecule is COc1cccc(NC(=O)C(=O)NCC2CCN(C(=O)c3cccn(C)c3=O)CC2)c1. The second-order valence-corrected chi connectivity index (χ2v) is 7.47. The summed E-state index contributed by atoms with van der Waals surface area (Å²) in [6.45, 7) is 1.33. The third-order valence-corrected chi connectivity index (χ3v) is 5.34. The molecule has 3 amide bonds. The average Bonchev–Trinajstić information content (AvgIpc) is 2.79. The number of carbonyl (C=O) groups is 3. The molecule has 1 saturated heterocycles. The summed E-state index contributed by atoms with van der Waals surface area (Å²) < 4.78 is 6.47. The van der Waals surface area contributed by atoms with Gasteiger partial charge >= 0.3 is 11.8 Å². The summed E-state index contributed by atoms with van der Waals surface area (Å²) in [5, 5.41) is 5.19. The lowest BCUT2D eigenvalue weighted by molar-refractivity contribution is -0.136. The van der Waals surface area contributed by atoms with Crippen LogP contribution in [0.1, 0.15) is 23.2 Å². The van der Waals surface area contributed by atoms with E-state index in [4.69, 9.17) is 4.74 Å². The molecule has 0 radical (unpaired) electrons. The van der Waals surface area contributed by atoms with Crippen LogP contribution in [0.5, 0.6) is 5.75 Å². The van der Waals surface area contributed by atoms with Crippen LogP contribution in [0.2, 0.25) is 0 Å². The number of nitrogens with zero attached hydrogens (tertiary/aromatic N) is 2. The molecular weight excluding hydrogens is 400 g/mol. The predicted octanol–water partition coefficient (Wildman–Crippen LogP) is 1.00. The van der Waals surface area contributed by atoms with Gasteiger partial charge < -0.3 is 24.8 Å². The molecule has 164 valence electrons. The van der Waals surface area contributed by atoms with Gasteiger partial charge in [-0.1, -0.05) is 6.07 Å². The first kappa shape index (κ1) is 22.1. The van der Waals surface area contributed by atoms with E-state index in [0.717, 1.165) is 0 Å². The third-order valence-electron chi connectivity index (χ3n) is 5.34. The maximum absolute atomic E-state index is 12.6. The van der Waals surface area contributed by atoms with E-state index in [0.29, 0.717) is 43.9 Å². The highest BCUT2D eigenvalue weighted by Crippen LogP contribution is 2.18. The van der Waals surface area contributed by atoms with Crippen molar-refractivity contribution in [1.82, 2.24) is 14.8 Å². The monoisotopic (exact) mass is 426 g/mol. The molecule has 2 N–H and O–H groups in total. The molecule has 0 saturated carbocycles. The Morgan fingerprint density at radius 1 is 1.10 bits per heavy atom. The first-order valence-corrected chi connectivity index (χ1v) is 10.1. The number of hydrogen-bond donors (Lipinski definition) is 2. The molecule has 3 rings (SSSR count). The van der Waals surface area contributed by atoms with E-state index in [1.165, 1.54) is 17.7 Å². The fraction of sp³-hybridized carbons (Fsp3) is 0.364. The summed E-state index contributed by atoms with van der Waals surface area (Å²) in [5.41, 5.74) is 0.313. The lowest BCUT2D eigenvalue weighted by Crippen LogP contribution is -2.44. The van der Waals surface area contributed by atoms with Crippen LogP contribution in [0.3, 0.4) is 0 Å². The third kappa shape index (κ3) is 5.50. The van der Waals surface area contributed by atoms with Crippen molar-refractivity contribution in [3.63, 3.8) is 0 Å². The number of piperidine rings is 1. The molecule has 1 aromatic carbocycles. The second kappa shape index (κ2) is 9.92. The van der Waals surface area contributed by atoms with Crippen LogP contribution in [0.15, 0.2) is 47.4 Å². The normalized spacial score (nSPS) is 14.1. The van der Waals surface area contributed by atoms with E-state index in [1.54, 1.807) is 48.5 Å². The maximum Gasteiger partial charge on any atom is 0.313 e. The molecule has 31 heavy (non-hydrogen) atoms. The average molecular weight is 426 g/mol. The number of aromatic nitrogens is 1. The van der Waals surface area contributed by atoms with Crippen LogP contribution in [0.25, 0.3) is 0 Å². The minimum atomic E-state index is -0.749. The number of carbonyl (C=O) groups excluding carboxylic acids is 3. The van der Waals surface area contributed by atoms with E-state index < -0.39 is 11.8 Å². The Hall–Kier alpha value is -3.62. The van der Waals surface area contributed by atoms with Gasteiger partial charge in [0.15, 0.2) is 0 Å². The van der Waals surface area contributed by atoms with Crippen LogP contribution in [0, 0.1) is 5.92 Å². The summed E-state index contributed by atoms with van der Waals surface area (Å²) in [6.07, 6.45) is 2.96. The number of methoxy groups -OCH3 is 1. The standard InChI is InChI=1S/C22H26N4O5/c1-25-10-4-7-18(21(25)29)22(30)26-11-8-15(9-12-26)14-23-19(27)20(28)24-16-5-3-6-17(13-16)31-2/h3-7,10,13,15H,8-9,11-12,14H2,1-2H3,(H,23,27)(H,24,28). The van der Waals surface area contributed by atoms with Gasteiger partial charge in [-0.05, 0) is 43.0 Å². The Kier molecular flexibility index (Phi) is 7.07. The van der Waals surface area contributed by atoms with Gasteiger partial charge in [0.05, 0.1) is 7.11 Å². The van der Waals surface area contributed by atoms with Gasteiger partial charge in [-0.3, -0.25) is 19.2 Å². The minimum Gasteiger partial charge on any atom is -0.497 e. The number of amides is 3. The molecule has 2 aromatic rings. The minimum absolute atomic E-state index is 0.149. The lowest BCUT2D eigenvalue weighted by Gasteiger charge is -2.32. The van der Waals surface area contributed by atoms with Gasteiger partial charge in [-0.25, -0.2) is 0 Å². The van der Waals surface area contributed by atoms with Crippen molar-refractivity contribution >= 4 is 23.4 Å². The highest BCUT2D eigenvalue weighted by atomic mass is 16.5. The van der Waals surface area contributed by atoms with Gasteiger partial charge in [-0.2, -0.15) is 0 Å². The predicted molar refractivity (Wildman–Crippen MR) is 115 cm³/mol. The number of ether oxygens (including phenoxy) is 1. The highest BCUT2D eigenvalue weighted by molar-refractivity contribution is 6.39. The molecule has 2 heterocycles. The van der Waals surface area contributed by atoms with E-state index in [9.17, 15) is 19.2 Å². The first-order chi connectivity index (χ1) is 14.9. The Morgan fingerprint density at radius 2 is 1.84 bits per heavy atom. The molecule has 0 unspecified atom stereocenters. The van der Waals surface area contributed by atoms with Gasteiger partial charge in [0.2, 0.25) is 0 Å². The molecule has 1 fully saturated rings. The molecule has 0 atom stereocenters. The summed E-state index contributed by atoms with van der Waals surface area (Å²) in [5.74, 6) is -1.01. The number of pyridine rings is 1. The van der Waals surface area contributed by atoms with Crippen molar-refractivity contribution in [3.05, 3.63) is 58.5 Å². The van der Waals surface area contributed by atoms with Crippen LogP contribution in [-0.4, -0.2) is 53.9 Å². The maximum atomic E-state index is 12.6. The number of anilines is 1. The smallest absolute Gasteiger partial charge is 0.313 e. The van der Waals surface area contributed by atoms with Crippen molar-refractivity contribution in [2.24, 2.45) is 13.0 Å². The van der Waals surface area contributed by atoms with Gasteiger partial charge in [0.25, 0.3) is 11.5 Å². The summed E-state index contributed by atoms with van der Waals surface area (Å²) in [6, 6.07) is 9.96. The van der Waals surface area contributed by atoms with Crippen molar-refractivity contribution in [2.45, 2.75) is 12.8 Å². The molecule has 1 aliphatic rings. The largest absolute Gasteiger partial charge is 0.497 e. The van der Waals surface area contributed by atoms with Gasteiger partial charge in [0, 0.05) is 44.6 Å². The summed E-state index contributed by atoms with van der Waals surface area (Å²) in [7, 11) is 3.13. The number of rotatable bonds is 5. The molecule has 9 heteroatoms. The molecule has 9 nitrogen and oxygen atoms in total. The van der Waals surface area contributed by atoms with Crippen LogP contribution < -0.4 is 20.9 Å². The molecule has 0 bridgehead atoms. The number of benzene rings is 1. The fourth-order valence-corrected chi connectivity index (χ4v) is 3.48. The van der Waals surface area contributed by atoms with E-state index in [-0.39, 0.29) is 22.9 Å². The topological polar surface area (TPSA) is 110 Å². The zero-order valence-electron chi connectivity index (χ0n) is 17.6. The fourth-order valence-electron chi connectivity index (χ4n) is 3.48. The first-order valence-electron chi connectivity index (χ1n) is 10.1. The Morgan fingerprint density at radius 3 is 2.55 bits per heavy atom. The molecular formula is C22H26N4O5. The molecule has 1 aliphatic heterocycles. The zero-order chi connectivity index (χ0) is 22.4. The number of nitrogens with one attached hydrogen (secondary N) is 2. The van der Waals surface area contributed by atoms with Crippen LogP contribution >= 0.6 is 0 Å². The van der Waals surface area contributed by atoms with E-state index in [2.05, 4.69) is 10.6 Å². The van der Waals surface area contributed by atoms with Gasteiger partial charge in [-0.15, -0.1) is 0 Å². The van der Waals surface area contributed by atoms with Crippen molar-refractivity contribution in [2.75, 3.05) is 32.1 Å². The van der Waals surface area contributed by atoms with Gasteiger partial charge in [0.1, 0.15) is 11.3 Å². The van der Waals surface area contributed by atoms with E-state index in [1.807, 2.05) is 0 Å². The highest BCUT2D eigenvalue weighted by Gasteiger charge is 2.26. The Bertz CT molecular complexity index is 1020. The van der Waals surface area contributed by atoms with Crippen molar-refractivity contribution in [3.8, 4) is 5.75 Å². The summed E-state index contributed by atoms with van der Waals surface area (Å²) >= 11 is 0. The van der Waals surface area contributed by atoms with Crippen LogP contribution in [-0.2, 0) is 16.6 Å². The van der Waals surface area contributed by atoms with Crippen molar-refractivity contribution < 1.29 is 19.1 Å². The quantitative estimate of drug-likeness (QED) is 0.694. The lowest BCUT2D eigenvalue weighted by atomic mass is 9.96. The summed E-state index contributed by atoms with van der Waals surface area (Å²) in [4.78, 5) is 50.7. The second-order valence-electron chi connectivity index (χ2n) is 7.47. The molecule has 1 aromatic heterocycles. The molecule has 0 aliphatic carbocycles.